The molecule has 1 aromatic heterocycles. The molecular weight excluding hydrogens is 454 g/mol. The molecule has 0 spiro atoms. The topological polar surface area (TPSA) is 54.9 Å². The zero-order valence-electron chi connectivity index (χ0n) is 20.4. The van der Waals surface area contributed by atoms with Crippen LogP contribution in [-0.4, -0.2) is 15.9 Å². The summed E-state index contributed by atoms with van der Waals surface area (Å²) in [6, 6.07) is 39.9. The van der Waals surface area contributed by atoms with Crippen LogP contribution in [-0.2, 0) is 0 Å². The molecule has 6 aromatic rings. The predicted octanol–water partition coefficient (Wildman–Crippen LogP) is 7.61. The molecular formula is C33H25N3O. The summed E-state index contributed by atoms with van der Waals surface area (Å²) >= 11 is 0. The third-order valence-corrected chi connectivity index (χ3v) is 6.66. The molecule has 4 nitrogen and oxygen atoms in total. The number of nitrogens with one attached hydrogen (secondary N) is 1. The number of aromatic nitrogens is 2. The Bertz CT molecular complexity index is 1720. The first kappa shape index (κ1) is 22.6. The molecule has 0 aliphatic rings. The fourth-order valence-electron chi connectivity index (χ4n) is 4.78. The number of benzene rings is 5. The summed E-state index contributed by atoms with van der Waals surface area (Å²) in [7, 11) is 0. The Morgan fingerprint density at radius 2 is 1.24 bits per heavy atom. The van der Waals surface area contributed by atoms with E-state index in [4.69, 9.17) is 9.97 Å². The minimum atomic E-state index is -0.152. The fraction of sp³-hybridized carbons (Fsp3) is 0.0606. The number of nitrogens with zero attached hydrogens (tertiary/aromatic N) is 2. The highest BCUT2D eigenvalue weighted by Gasteiger charge is 2.17. The lowest BCUT2D eigenvalue weighted by molar-refractivity contribution is 0.0940. The second kappa shape index (κ2) is 9.67. The number of fused-ring (bicyclic) bond motifs is 2. The standard InChI is InChI=1S/C33H25N3O/c1-22(27-18-10-16-23-11-8-9-17-28(23)27)34-33(37)26-19-20-29-30(21-26)36-32(25-14-6-3-7-15-25)31(35-29)24-12-4-2-5-13-24/h2-22H,1H3,(H,34,37). The number of carbonyl (C=O) groups excluding carboxylic acids is 1. The molecule has 1 amide bonds. The van der Waals surface area contributed by atoms with E-state index in [1.807, 2.05) is 104 Å². The van der Waals surface area contributed by atoms with E-state index in [0.29, 0.717) is 11.1 Å². The van der Waals surface area contributed by atoms with Crippen molar-refractivity contribution >= 4 is 27.7 Å². The third kappa shape index (κ3) is 4.45. The Morgan fingerprint density at radius 1 is 0.649 bits per heavy atom. The van der Waals surface area contributed by atoms with Crippen molar-refractivity contribution in [1.82, 2.24) is 15.3 Å². The van der Waals surface area contributed by atoms with Gasteiger partial charge in [-0.1, -0.05) is 103 Å². The van der Waals surface area contributed by atoms with E-state index >= 15 is 0 Å². The van der Waals surface area contributed by atoms with Gasteiger partial charge in [0, 0.05) is 16.7 Å². The predicted molar refractivity (Wildman–Crippen MR) is 150 cm³/mol. The van der Waals surface area contributed by atoms with Crippen molar-refractivity contribution in [2.75, 3.05) is 0 Å². The highest BCUT2D eigenvalue weighted by Crippen LogP contribution is 2.31. The van der Waals surface area contributed by atoms with Crippen molar-refractivity contribution < 1.29 is 4.79 Å². The molecule has 0 saturated carbocycles. The zero-order valence-corrected chi connectivity index (χ0v) is 20.4. The van der Waals surface area contributed by atoms with Gasteiger partial charge in [0.25, 0.3) is 5.91 Å². The van der Waals surface area contributed by atoms with E-state index in [2.05, 4.69) is 29.6 Å². The van der Waals surface area contributed by atoms with Gasteiger partial charge >= 0.3 is 0 Å². The van der Waals surface area contributed by atoms with Crippen molar-refractivity contribution in [2.24, 2.45) is 0 Å². The number of carbonyl (C=O) groups is 1. The first-order valence-corrected chi connectivity index (χ1v) is 12.4. The molecule has 178 valence electrons. The Hall–Kier alpha value is -4.83. The molecule has 5 aromatic carbocycles. The molecule has 4 heteroatoms. The first-order valence-electron chi connectivity index (χ1n) is 12.4. The summed E-state index contributed by atoms with van der Waals surface area (Å²) in [4.78, 5) is 23.3. The summed E-state index contributed by atoms with van der Waals surface area (Å²) in [5.74, 6) is -0.141. The minimum absolute atomic E-state index is 0.141. The Balaban J connectivity index is 1.37. The molecule has 37 heavy (non-hydrogen) atoms. The monoisotopic (exact) mass is 479 g/mol. The molecule has 0 saturated heterocycles. The quantitative estimate of drug-likeness (QED) is 0.277. The lowest BCUT2D eigenvalue weighted by atomic mass is 9.99. The van der Waals surface area contributed by atoms with Crippen molar-refractivity contribution in [3.8, 4) is 22.5 Å². The molecule has 1 unspecified atom stereocenters. The Kier molecular flexibility index (Phi) is 5.91. The average Bonchev–Trinajstić information content (AvgIpc) is 2.96. The molecule has 6 rings (SSSR count). The summed E-state index contributed by atoms with van der Waals surface area (Å²) < 4.78 is 0. The van der Waals surface area contributed by atoms with Gasteiger partial charge in [-0.3, -0.25) is 4.79 Å². The van der Waals surface area contributed by atoms with Crippen LogP contribution in [0.2, 0.25) is 0 Å². The third-order valence-electron chi connectivity index (χ3n) is 6.66. The van der Waals surface area contributed by atoms with Crippen LogP contribution in [0.5, 0.6) is 0 Å². The van der Waals surface area contributed by atoms with Crippen LogP contribution in [0.4, 0.5) is 0 Å². The largest absolute Gasteiger partial charge is 0.345 e. The van der Waals surface area contributed by atoms with E-state index in [-0.39, 0.29) is 11.9 Å². The molecule has 0 aliphatic carbocycles. The highest BCUT2D eigenvalue weighted by molar-refractivity contribution is 5.98. The summed E-state index contributed by atoms with van der Waals surface area (Å²) in [5.41, 5.74) is 6.67. The maximum atomic E-state index is 13.3. The van der Waals surface area contributed by atoms with Gasteiger partial charge in [-0.15, -0.1) is 0 Å². The highest BCUT2D eigenvalue weighted by atomic mass is 16.1. The maximum Gasteiger partial charge on any atom is 0.251 e. The van der Waals surface area contributed by atoms with Gasteiger partial charge in [0.2, 0.25) is 0 Å². The summed E-state index contributed by atoms with van der Waals surface area (Å²) in [6.07, 6.45) is 0. The molecule has 1 N–H and O–H groups in total. The lowest BCUT2D eigenvalue weighted by Crippen LogP contribution is -2.26. The number of hydrogen-bond donors (Lipinski definition) is 1. The van der Waals surface area contributed by atoms with Crippen LogP contribution < -0.4 is 5.32 Å². The SMILES string of the molecule is CC(NC(=O)c1ccc2nc(-c3ccccc3)c(-c3ccccc3)nc2c1)c1cccc2ccccc12. The number of rotatable bonds is 5. The summed E-state index contributed by atoms with van der Waals surface area (Å²) in [6.45, 7) is 2.01. The normalized spacial score (nSPS) is 11.9. The van der Waals surface area contributed by atoms with Crippen LogP contribution in [0.1, 0.15) is 28.9 Å². The number of hydrogen-bond acceptors (Lipinski definition) is 3. The molecule has 1 heterocycles. The van der Waals surface area contributed by atoms with E-state index in [9.17, 15) is 4.79 Å². The smallest absolute Gasteiger partial charge is 0.251 e. The Labute approximate surface area is 215 Å². The van der Waals surface area contributed by atoms with Crippen molar-refractivity contribution in [1.29, 1.82) is 0 Å². The van der Waals surface area contributed by atoms with Gasteiger partial charge in [-0.05, 0) is 41.5 Å². The van der Waals surface area contributed by atoms with Crippen LogP contribution in [0, 0.1) is 0 Å². The van der Waals surface area contributed by atoms with Gasteiger partial charge in [0.1, 0.15) is 0 Å². The minimum Gasteiger partial charge on any atom is -0.345 e. The van der Waals surface area contributed by atoms with Crippen LogP contribution in [0.3, 0.4) is 0 Å². The van der Waals surface area contributed by atoms with Crippen LogP contribution >= 0.6 is 0 Å². The van der Waals surface area contributed by atoms with E-state index < -0.39 is 0 Å². The van der Waals surface area contributed by atoms with E-state index in [1.165, 1.54) is 0 Å². The van der Waals surface area contributed by atoms with E-state index in [0.717, 1.165) is 44.4 Å². The van der Waals surface area contributed by atoms with Gasteiger partial charge < -0.3 is 5.32 Å². The molecule has 0 radical (unpaired) electrons. The van der Waals surface area contributed by atoms with Gasteiger partial charge in [-0.25, -0.2) is 9.97 Å². The Morgan fingerprint density at radius 3 is 1.95 bits per heavy atom. The van der Waals surface area contributed by atoms with Crippen molar-refractivity contribution in [3.05, 3.63) is 132 Å². The first-order chi connectivity index (χ1) is 18.2. The van der Waals surface area contributed by atoms with Crippen molar-refractivity contribution in [2.45, 2.75) is 13.0 Å². The van der Waals surface area contributed by atoms with Crippen LogP contribution in [0.25, 0.3) is 44.3 Å². The van der Waals surface area contributed by atoms with Crippen molar-refractivity contribution in [3.63, 3.8) is 0 Å². The molecule has 0 bridgehead atoms. The second-order valence-corrected chi connectivity index (χ2v) is 9.12. The summed E-state index contributed by atoms with van der Waals surface area (Å²) in [5, 5.41) is 5.46. The molecule has 0 aliphatic heterocycles. The molecule has 1 atom stereocenters. The van der Waals surface area contributed by atoms with Gasteiger partial charge in [0.05, 0.1) is 28.5 Å². The molecule has 0 fully saturated rings. The van der Waals surface area contributed by atoms with Crippen LogP contribution in [0.15, 0.2) is 121 Å². The zero-order chi connectivity index (χ0) is 25.2. The van der Waals surface area contributed by atoms with E-state index in [1.54, 1.807) is 0 Å². The van der Waals surface area contributed by atoms with Gasteiger partial charge in [-0.2, -0.15) is 0 Å². The van der Waals surface area contributed by atoms with Gasteiger partial charge in [0.15, 0.2) is 0 Å². The second-order valence-electron chi connectivity index (χ2n) is 9.12. The maximum absolute atomic E-state index is 13.3. The average molecular weight is 480 g/mol. The lowest BCUT2D eigenvalue weighted by Gasteiger charge is -2.17. The fourth-order valence-corrected chi connectivity index (χ4v) is 4.78. The number of amides is 1.